The van der Waals surface area contributed by atoms with E-state index in [9.17, 15) is 4.79 Å². The molecule has 2 aromatic rings. The Morgan fingerprint density at radius 1 is 1.45 bits per heavy atom. The quantitative estimate of drug-likeness (QED) is 0.892. The maximum absolute atomic E-state index is 12.3. The fourth-order valence-electron chi connectivity index (χ4n) is 2.90. The van der Waals surface area contributed by atoms with Crippen LogP contribution in [-0.4, -0.2) is 28.6 Å². The summed E-state index contributed by atoms with van der Waals surface area (Å²) in [6, 6.07) is 7.82. The number of hydrogen-bond donors (Lipinski definition) is 2. The number of aromatic amines is 1. The van der Waals surface area contributed by atoms with E-state index < -0.39 is 0 Å². The molecule has 0 unspecified atom stereocenters. The van der Waals surface area contributed by atoms with Gasteiger partial charge >= 0.3 is 0 Å². The van der Waals surface area contributed by atoms with Gasteiger partial charge in [-0.2, -0.15) is 0 Å². The van der Waals surface area contributed by atoms with Crippen molar-refractivity contribution < 1.29 is 9.53 Å². The number of fused-ring (bicyclic) bond motifs is 1. The van der Waals surface area contributed by atoms with Crippen LogP contribution in [0.15, 0.2) is 24.3 Å². The number of carbonyl (C=O) groups is 1. The molecule has 0 spiro atoms. The van der Waals surface area contributed by atoms with Crippen LogP contribution in [0.1, 0.15) is 45.0 Å². The second-order valence-electron chi connectivity index (χ2n) is 6.33. The van der Waals surface area contributed by atoms with E-state index in [2.05, 4.69) is 29.1 Å². The van der Waals surface area contributed by atoms with Gasteiger partial charge in [-0.25, -0.2) is 4.98 Å². The van der Waals surface area contributed by atoms with E-state index in [4.69, 9.17) is 4.74 Å². The highest BCUT2D eigenvalue weighted by Crippen LogP contribution is 2.23. The van der Waals surface area contributed by atoms with E-state index in [1.807, 2.05) is 24.3 Å². The Hall–Kier alpha value is -1.88. The standard InChI is InChI=1S/C17H23N3O2/c1-11(2)10-14(20-17(21)15-8-5-9-22-15)16-18-12-6-3-4-7-13(12)19-16/h3-4,6-7,11,14-15H,5,8-10H2,1-2H3,(H,18,19)(H,20,21)/t14-,15-/m0/s1. The molecule has 1 amide bonds. The molecule has 0 bridgehead atoms. The van der Waals surface area contributed by atoms with Gasteiger partial charge in [-0.05, 0) is 37.3 Å². The van der Waals surface area contributed by atoms with Gasteiger partial charge < -0.3 is 15.0 Å². The van der Waals surface area contributed by atoms with Crippen LogP contribution in [0.4, 0.5) is 0 Å². The van der Waals surface area contributed by atoms with E-state index in [0.717, 1.165) is 36.1 Å². The van der Waals surface area contributed by atoms with Gasteiger partial charge in [0.1, 0.15) is 11.9 Å². The first-order valence-electron chi connectivity index (χ1n) is 8.00. The Balaban J connectivity index is 1.80. The van der Waals surface area contributed by atoms with Crippen LogP contribution in [-0.2, 0) is 9.53 Å². The van der Waals surface area contributed by atoms with E-state index in [1.54, 1.807) is 0 Å². The number of rotatable bonds is 5. The van der Waals surface area contributed by atoms with Gasteiger partial charge in [0.2, 0.25) is 5.91 Å². The van der Waals surface area contributed by atoms with Gasteiger partial charge in [0.05, 0.1) is 17.1 Å². The van der Waals surface area contributed by atoms with E-state index in [0.29, 0.717) is 12.5 Å². The minimum absolute atomic E-state index is 0.0244. The summed E-state index contributed by atoms with van der Waals surface area (Å²) in [5.74, 6) is 1.26. The number of amides is 1. The van der Waals surface area contributed by atoms with Crippen molar-refractivity contribution in [1.82, 2.24) is 15.3 Å². The minimum atomic E-state index is -0.306. The molecule has 0 saturated carbocycles. The normalized spacial score (nSPS) is 19.7. The van der Waals surface area contributed by atoms with Crippen LogP contribution < -0.4 is 5.32 Å². The van der Waals surface area contributed by atoms with Gasteiger partial charge in [0, 0.05) is 6.61 Å². The van der Waals surface area contributed by atoms with Crippen molar-refractivity contribution in [2.45, 2.75) is 45.3 Å². The fourth-order valence-corrected chi connectivity index (χ4v) is 2.90. The highest BCUT2D eigenvalue weighted by molar-refractivity contribution is 5.81. The van der Waals surface area contributed by atoms with Gasteiger partial charge in [-0.1, -0.05) is 26.0 Å². The summed E-state index contributed by atoms with van der Waals surface area (Å²) >= 11 is 0. The van der Waals surface area contributed by atoms with Gasteiger partial charge in [-0.15, -0.1) is 0 Å². The minimum Gasteiger partial charge on any atom is -0.368 e. The third-order valence-electron chi connectivity index (χ3n) is 3.98. The van der Waals surface area contributed by atoms with Crippen LogP contribution >= 0.6 is 0 Å². The largest absolute Gasteiger partial charge is 0.368 e. The maximum Gasteiger partial charge on any atom is 0.249 e. The lowest BCUT2D eigenvalue weighted by atomic mass is 10.0. The highest BCUT2D eigenvalue weighted by atomic mass is 16.5. The SMILES string of the molecule is CC(C)C[C@H](NC(=O)[C@@H]1CCCO1)c1nc2ccccc2[nH]1. The van der Waals surface area contributed by atoms with Gasteiger partial charge in [-0.3, -0.25) is 4.79 Å². The number of hydrogen-bond acceptors (Lipinski definition) is 3. The summed E-state index contributed by atoms with van der Waals surface area (Å²) in [6.45, 7) is 4.97. The molecule has 0 radical (unpaired) electrons. The number of nitrogens with zero attached hydrogens (tertiary/aromatic N) is 1. The molecule has 1 aromatic carbocycles. The van der Waals surface area contributed by atoms with Crippen molar-refractivity contribution in [2.75, 3.05) is 6.61 Å². The lowest BCUT2D eigenvalue weighted by Gasteiger charge is -2.20. The molecular formula is C17H23N3O2. The summed E-state index contributed by atoms with van der Waals surface area (Å²) < 4.78 is 5.47. The molecule has 22 heavy (non-hydrogen) atoms. The van der Waals surface area contributed by atoms with Crippen LogP contribution in [0.2, 0.25) is 0 Å². The van der Waals surface area contributed by atoms with Crippen molar-refractivity contribution in [3.63, 3.8) is 0 Å². The van der Waals surface area contributed by atoms with E-state index >= 15 is 0 Å². The first kappa shape index (κ1) is 15.0. The Bertz CT molecular complexity index is 611. The van der Waals surface area contributed by atoms with Crippen LogP contribution in [0, 0.1) is 5.92 Å². The second kappa shape index (κ2) is 6.48. The molecule has 118 valence electrons. The lowest BCUT2D eigenvalue weighted by Crippen LogP contribution is -2.37. The first-order chi connectivity index (χ1) is 10.6. The zero-order valence-corrected chi connectivity index (χ0v) is 13.1. The number of para-hydroxylation sites is 2. The number of imidazole rings is 1. The monoisotopic (exact) mass is 301 g/mol. The van der Waals surface area contributed by atoms with E-state index in [-0.39, 0.29) is 18.1 Å². The Morgan fingerprint density at radius 3 is 2.95 bits per heavy atom. The van der Waals surface area contributed by atoms with Crippen LogP contribution in [0.3, 0.4) is 0 Å². The van der Waals surface area contributed by atoms with E-state index in [1.165, 1.54) is 0 Å². The number of nitrogens with one attached hydrogen (secondary N) is 2. The molecule has 1 aliphatic heterocycles. The maximum atomic E-state index is 12.3. The topological polar surface area (TPSA) is 67.0 Å². The Labute approximate surface area is 130 Å². The summed E-state index contributed by atoms with van der Waals surface area (Å²) in [7, 11) is 0. The summed E-state index contributed by atoms with van der Waals surface area (Å²) in [4.78, 5) is 20.3. The predicted molar refractivity (Wildman–Crippen MR) is 85.4 cm³/mol. The molecule has 0 aliphatic carbocycles. The van der Waals surface area contributed by atoms with Crippen molar-refractivity contribution in [3.8, 4) is 0 Å². The molecule has 1 aromatic heterocycles. The lowest BCUT2D eigenvalue weighted by molar-refractivity contribution is -0.131. The molecular weight excluding hydrogens is 278 g/mol. The molecule has 2 N–H and O–H groups in total. The summed E-state index contributed by atoms with van der Waals surface area (Å²) in [6.07, 6.45) is 2.30. The molecule has 5 heteroatoms. The Morgan fingerprint density at radius 2 is 2.27 bits per heavy atom. The average molecular weight is 301 g/mol. The Kier molecular flexibility index (Phi) is 4.43. The number of H-pyrrole nitrogens is 1. The molecule has 3 rings (SSSR count). The smallest absolute Gasteiger partial charge is 0.249 e. The number of benzene rings is 1. The third-order valence-corrected chi connectivity index (χ3v) is 3.98. The molecule has 1 fully saturated rings. The van der Waals surface area contributed by atoms with Crippen LogP contribution in [0.25, 0.3) is 11.0 Å². The number of ether oxygens (including phenoxy) is 1. The fraction of sp³-hybridized carbons (Fsp3) is 0.529. The second-order valence-corrected chi connectivity index (χ2v) is 6.33. The highest BCUT2D eigenvalue weighted by Gasteiger charge is 2.27. The summed E-state index contributed by atoms with van der Waals surface area (Å²) in [5, 5.41) is 3.11. The van der Waals surface area contributed by atoms with Crippen molar-refractivity contribution in [1.29, 1.82) is 0 Å². The molecule has 1 saturated heterocycles. The molecule has 5 nitrogen and oxygen atoms in total. The zero-order valence-electron chi connectivity index (χ0n) is 13.1. The number of carbonyl (C=O) groups excluding carboxylic acids is 1. The van der Waals surface area contributed by atoms with Crippen molar-refractivity contribution in [2.24, 2.45) is 5.92 Å². The van der Waals surface area contributed by atoms with Gasteiger partial charge in [0.15, 0.2) is 0 Å². The van der Waals surface area contributed by atoms with Crippen molar-refractivity contribution >= 4 is 16.9 Å². The number of aromatic nitrogens is 2. The van der Waals surface area contributed by atoms with Crippen LogP contribution in [0.5, 0.6) is 0 Å². The zero-order chi connectivity index (χ0) is 15.5. The first-order valence-corrected chi connectivity index (χ1v) is 8.00. The van der Waals surface area contributed by atoms with Crippen molar-refractivity contribution in [3.05, 3.63) is 30.1 Å². The third kappa shape index (κ3) is 3.30. The molecule has 1 aliphatic rings. The summed E-state index contributed by atoms with van der Waals surface area (Å²) in [5.41, 5.74) is 1.93. The average Bonchev–Trinajstić information content (AvgIpc) is 3.15. The predicted octanol–water partition coefficient (Wildman–Crippen LogP) is 2.95. The van der Waals surface area contributed by atoms with Gasteiger partial charge in [0.25, 0.3) is 0 Å². The molecule has 2 heterocycles. The molecule has 2 atom stereocenters.